The molecule has 4 heteroatoms. The summed E-state index contributed by atoms with van der Waals surface area (Å²) in [4.78, 5) is 0. The van der Waals surface area contributed by atoms with Crippen LogP contribution >= 0.6 is 11.6 Å². The lowest BCUT2D eigenvalue weighted by Gasteiger charge is -2.05. The molecule has 1 aromatic heterocycles. The number of benzene rings is 1. The number of rotatable bonds is 4. The number of aromatic nitrogens is 2. The minimum absolute atomic E-state index is 0.710. The molecule has 18 heavy (non-hydrogen) atoms. The lowest BCUT2D eigenvalue weighted by molar-refractivity contribution is 0.815. The lowest BCUT2D eigenvalue weighted by Crippen LogP contribution is -2.02. The van der Waals surface area contributed by atoms with Gasteiger partial charge in [-0.25, -0.2) is 4.68 Å². The Morgan fingerprint density at radius 2 is 2.11 bits per heavy atom. The highest BCUT2D eigenvalue weighted by molar-refractivity contribution is 6.30. The molecule has 0 atom stereocenters. The second-order valence-corrected chi connectivity index (χ2v) is 4.87. The van der Waals surface area contributed by atoms with Crippen LogP contribution in [0.25, 0.3) is 5.69 Å². The molecule has 0 amide bonds. The molecule has 0 aliphatic rings. The van der Waals surface area contributed by atoms with E-state index in [9.17, 15) is 0 Å². The van der Waals surface area contributed by atoms with Crippen LogP contribution in [-0.4, -0.2) is 16.3 Å². The van der Waals surface area contributed by atoms with Crippen LogP contribution in [0.4, 0.5) is 0 Å². The van der Waals surface area contributed by atoms with Gasteiger partial charge in [0.25, 0.3) is 0 Å². The van der Waals surface area contributed by atoms with Crippen LogP contribution < -0.4 is 5.73 Å². The van der Waals surface area contributed by atoms with Gasteiger partial charge in [0.1, 0.15) is 0 Å². The third-order valence-electron chi connectivity index (χ3n) is 3.12. The van der Waals surface area contributed by atoms with E-state index in [-0.39, 0.29) is 0 Å². The zero-order chi connectivity index (χ0) is 13.1. The Kier molecular flexibility index (Phi) is 4.04. The van der Waals surface area contributed by atoms with Crippen LogP contribution in [-0.2, 0) is 6.42 Å². The van der Waals surface area contributed by atoms with Gasteiger partial charge in [0.15, 0.2) is 0 Å². The van der Waals surface area contributed by atoms with Crippen LogP contribution in [0.5, 0.6) is 0 Å². The van der Waals surface area contributed by atoms with E-state index in [1.54, 1.807) is 0 Å². The van der Waals surface area contributed by atoms with Gasteiger partial charge in [0, 0.05) is 10.7 Å². The smallest absolute Gasteiger partial charge is 0.0663 e. The normalized spacial score (nSPS) is 10.9. The highest BCUT2D eigenvalue weighted by atomic mass is 35.5. The molecule has 1 aromatic carbocycles. The molecule has 0 bridgehead atoms. The van der Waals surface area contributed by atoms with E-state index in [2.05, 4.69) is 12.0 Å². The summed E-state index contributed by atoms with van der Waals surface area (Å²) in [6.07, 6.45) is 1.97. The van der Waals surface area contributed by atoms with Gasteiger partial charge in [-0.1, -0.05) is 17.7 Å². The van der Waals surface area contributed by atoms with Crippen LogP contribution in [0.1, 0.15) is 23.4 Å². The van der Waals surface area contributed by atoms with Crippen molar-refractivity contribution >= 4 is 11.6 Å². The summed E-state index contributed by atoms with van der Waals surface area (Å²) >= 11 is 6.02. The van der Waals surface area contributed by atoms with Crippen molar-refractivity contribution in [2.75, 3.05) is 6.54 Å². The molecule has 2 aromatic rings. The molecule has 2 rings (SSSR count). The maximum Gasteiger partial charge on any atom is 0.0663 e. The molecule has 0 saturated carbocycles. The average Bonchev–Trinajstić information content (AvgIpc) is 2.63. The second kappa shape index (κ2) is 5.55. The third-order valence-corrected chi connectivity index (χ3v) is 3.36. The van der Waals surface area contributed by atoms with Crippen LogP contribution in [0.3, 0.4) is 0 Å². The Morgan fingerprint density at radius 1 is 1.33 bits per heavy atom. The Hall–Kier alpha value is -1.32. The van der Waals surface area contributed by atoms with Gasteiger partial charge in [-0.2, -0.15) is 5.10 Å². The molecule has 0 aliphatic carbocycles. The van der Waals surface area contributed by atoms with Crippen molar-refractivity contribution in [3.05, 3.63) is 46.2 Å². The molecule has 0 fully saturated rings. The first-order valence-corrected chi connectivity index (χ1v) is 6.52. The summed E-state index contributed by atoms with van der Waals surface area (Å²) in [5, 5.41) is 5.32. The van der Waals surface area contributed by atoms with Crippen LogP contribution in [0.2, 0.25) is 5.02 Å². The Balaban J connectivity index is 2.40. The van der Waals surface area contributed by atoms with Crippen LogP contribution in [0.15, 0.2) is 24.3 Å². The summed E-state index contributed by atoms with van der Waals surface area (Å²) in [5.74, 6) is 0. The number of hydrogen-bond acceptors (Lipinski definition) is 2. The average molecular weight is 264 g/mol. The Labute approximate surface area is 113 Å². The van der Waals surface area contributed by atoms with Crippen molar-refractivity contribution in [2.24, 2.45) is 5.73 Å². The fourth-order valence-corrected chi connectivity index (χ4v) is 2.36. The Morgan fingerprint density at radius 3 is 2.78 bits per heavy atom. The van der Waals surface area contributed by atoms with E-state index < -0.39 is 0 Å². The summed E-state index contributed by atoms with van der Waals surface area (Å²) in [7, 11) is 0. The van der Waals surface area contributed by atoms with E-state index in [1.165, 1.54) is 11.3 Å². The lowest BCUT2D eigenvalue weighted by atomic mass is 10.1. The van der Waals surface area contributed by atoms with Gasteiger partial charge in [-0.3, -0.25) is 0 Å². The molecular formula is C14H18ClN3. The van der Waals surface area contributed by atoms with E-state index in [4.69, 9.17) is 17.3 Å². The molecule has 1 heterocycles. The predicted molar refractivity (Wildman–Crippen MR) is 75.4 cm³/mol. The fraction of sp³-hybridized carbons (Fsp3) is 0.357. The summed E-state index contributed by atoms with van der Waals surface area (Å²) in [5.41, 5.74) is 10.1. The largest absolute Gasteiger partial charge is 0.330 e. The van der Waals surface area contributed by atoms with Gasteiger partial charge in [0.2, 0.25) is 0 Å². The molecule has 2 N–H and O–H groups in total. The summed E-state index contributed by atoms with van der Waals surface area (Å²) in [6.45, 7) is 4.84. The zero-order valence-corrected chi connectivity index (χ0v) is 11.5. The van der Waals surface area contributed by atoms with E-state index in [1.807, 2.05) is 35.9 Å². The molecule has 96 valence electrons. The first-order valence-electron chi connectivity index (χ1n) is 6.14. The van der Waals surface area contributed by atoms with Crippen LogP contribution in [0, 0.1) is 13.8 Å². The number of nitrogens with two attached hydrogens (primary N) is 1. The maximum absolute atomic E-state index is 6.02. The van der Waals surface area contributed by atoms with Crippen molar-refractivity contribution in [1.29, 1.82) is 0 Å². The highest BCUT2D eigenvalue weighted by Gasteiger charge is 2.12. The van der Waals surface area contributed by atoms with Crippen molar-refractivity contribution < 1.29 is 0 Å². The zero-order valence-electron chi connectivity index (χ0n) is 10.8. The first kappa shape index (κ1) is 13.1. The molecule has 0 saturated heterocycles. The number of hydrogen-bond donors (Lipinski definition) is 1. The van der Waals surface area contributed by atoms with E-state index in [0.29, 0.717) is 6.54 Å². The third kappa shape index (κ3) is 2.57. The van der Waals surface area contributed by atoms with Crippen molar-refractivity contribution in [1.82, 2.24) is 9.78 Å². The SMILES string of the molecule is Cc1nn(-c2cccc(Cl)c2)c(C)c1CCCN. The van der Waals surface area contributed by atoms with E-state index >= 15 is 0 Å². The van der Waals surface area contributed by atoms with Gasteiger partial charge in [-0.15, -0.1) is 0 Å². The van der Waals surface area contributed by atoms with Crippen molar-refractivity contribution in [2.45, 2.75) is 26.7 Å². The monoisotopic (exact) mass is 263 g/mol. The fourth-order valence-electron chi connectivity index (χ4n) is 2.17. The summed E-state index contributed by atoms with van der Waals surface area (Å²) < 4.78 is 1.95. The maximum atomic E-state index is 6.02. The first-order chi connectivity index (χ1) is 8.63. The Bertz CT molecular complexity index is 546. The quantitative estimate of drug-likeness (QED) is 0.921. The van der Waals surface area contributed by atoms with Gasteiger partial charge < -0.3 is 5.73 Å². The molecule has 0 radical (unpaired) electrons. The number of aryl methyl sites for hydroxylation is 1. The molecule has 0 spiro atoms. The highest BCUT2D eigenvalue weighted by Crippen LogP contribution is 2.21. The van der Waals surface area contributed by atoms with Gasteiger partial charge in [-0.05, 0) is 57.0 Å². The van der Waals surface area contributed by atoms with Crippen molar-refractivity contribution in [3.8, 4) is 5.69 Å². The minimum Gasteiger partial charge on any atom is -0.330 e. The van der Waals surface area contributed by atoms with Gasteiger partial charge in [0.05, 0.1) is 11.4 Å². The number of nitrogens with zero attached hydrogens (tertiary/aromatic N) is 2. The van der Waals surface area contributed by atoms with Gasteiger partial charge >= 0.3 is 0 Å². The molecular weight excluding hydrogens is 246 g/mol. The minimum atomic E-state index is 0.710. The second-order valence-electron chi connectivity index (χ2n) is 4.43. The topological polar surface area (TPSA) is 43.8 Å². The number of halogens is 1. The predicted octanol–water partition coefficient (Wildman–Crippen LogP) is 3.03. The van der Waals surface area contributed by atoms with Crippen molar-refractivity contribution in [3.63, 3.8) is 0 Å². The molecule has 0 unspecified atom stereocenters. The van der Waals surface area contributed by atoms with E-state index in [0.717, 1.165) is 29.2 Å². The standard InChI is InChI=1S/C14H18ClN3/c1-10-14(7-4-8-16)11(2)18(17-10)13-6-3-5-12(15)9-13/h3,5-6,9H,4,7-8,16H2,1-2H3. The summed E-state index contributed by atoms with van der Waals surface area (Å²) in [6, 6.07) is 7.74. The molecule has 3 nitrogen and oxygen atoms in total. The molecule has 0 aliphatic heterocycles.